The zero-order valence-electron chi connectivity index (χ0n) is 23.2. The van der Waals surface area contributed by atoms with E-state index in [4.69, 9.17) is 4.74 Å². The van der Waals surface area contributed by atoms with Gasteiger partial charge in [0, 0.05) is 37.3 Å². The third kappa shape index (κ3) is 5.50. The van der Waals surface area contributed by atoms with Crippen molar-refractivity contribution >= 4 is 22.6 Å². The summed E-state index contributed by atoms with van der Waals surface area (Å²) in [6, 6.07) is 31.9. The number of aliphatic hydroxyl groups is 1. The molecule has 0 radical (unpaired) electrons. The number of rotatable bonds is 9. The molecule has 4 aromatic carbocycles. The Bertz CT molecular complexity index is 1470. The lowest BCUT2D eigenvalue weighted by molar-refractivity contribution is -0.946. The molecule has 2 N–H and O–H groups in total. The van der Waals surface area contributed by atoms with E-state index >= 15 is 0 Å². The van der Waals surface area contributed by atoms with Crippen molar-refractivity contribution in [2.75, 3.05) is 32.7 Å². The van der Waals surface area contributed by atoms with Crippen molar-refractivity contribution in [2.24, 2.45) is 5.92 Å². The molecule has 7 rings (SSSR count). The Kier molecular flexibility index (Phi) is 7.61. The number of ether oxygens (including phenoxy) is 1. The second-order valence-electron chi connectivity index (χ2n) is 11.6. The fourth-order valence-corrected chi connectivity index (χ4v) is 6.70. The first-order chi connectivity index (χ1) is 20.0. The molecular formula is C35H37N2O4+. The van der Waals surface area contributed by atoms with Crippen molar-refractivity contribution in [3.63, 3.8) is 0 Å². The minimum Gasteiger partial charge on any atom is -0.453 e. The molecule has 1 unspecified atom stereocenters. The van der Waals surface area contributed by atoms with E-state index in [0.29, 0.717) is 29.2 Å². The molecule has 3 heterocycles. The molecule has 2 bridgehead atoms. The van der Waals surface area contributed by atoms with E-state index in [-0.39, 0.29) is 12.0 Å². The predicted octanol–water partition coefficient (Wildman–Crippen LogP) is 5.05. The van der Waals surface area contributed by atoms with Crippen LogP contribution >= 0.6 is 0 Å². The molecular weight excluding hydrogens is 512 g/mol. The van der Waals surface area contributed by atoms with Crippen molar-refractivity contribution in [3.05, 3.63) is 120 Å². The van der Waals surface area contributed by atoms with E-state index in [1.807, 2.05) is 78.9 Å². The van der Waals surface area contributed by atoms with E-state index in [1.54, 1.807) is 24.3 Å². The summed E-state index contributed by atoms with van der Waals surface area (Å²) in [5.41, 5.74) is -0.190. The molecule has 1 amide bonds. The number of carbonyl (C=O) groups is 2. The van der Waals surface area contributed by atoms with Crippen LogP contribution in [0, 0.1) is 5.92 Å². The van der Waals surface area contributed by atoms with Gasteiger partial charge in [0.25, 0.3) is 5.91 Å². The van der Waals surface area contributed by atoms with Crippen molar-refractivity contribution in [1.82, 2.24) is 5.32 Å². The van der Waals surface area contributed by atoms with Crippen LogP contribution in [0.5, 0.6) is 0 Å². The molecule has 0 saturated carbocycles. The number of nitrogens with one attached hydrogen (secondary N) is 1. The quantitative estimate of drug-likeness (QED) is 0.174. The van der Waals surface area contributed by atoms with Crippen molar-refractivity contribution in [1.29, 1.82) is 0 Å². The van der Waals surface area contributed by atoms with Crippen LogP contribution in [0.25, 0.3) is 10.8 Å². The third-order valence-corrected chi connectivity index (χ3v) is 9.08. The van der Waals surface area contributed by atoms with Crippen LogP contribution in [0.2, 0.25) is 0 Å². The Labute approximate surface area is 241 Å². The molecule has 3 aliphatic heterocycles. The molecule has 41 heavy (non-hydrogen) atoms. The minimum atomic E-state index is -1.87. The first-order valence-corrected chi connectivity index (χ1v) is 14.6. The van der Waals surface area contributed by atoms with Crippen LogP contribution in [0.1, 0.15) is 40.7 Å². The molecule has 6 heteroatoms. The van der Waals surface area contributed by atoms with Gasteiger partial charge in [0.1, 0.15) is 6.54 Å². The minimum absolute atomic E-state index is 0.0546. The topological polar surface area (TPSA) is 75.6 Å². The number of quaternary nitrogens is 1. The van der Waals surface area contributed by atoms with Gasteiger partial charge in [-0.3, -0.25) is 4.79 Å². The monoisotopic (exact) mass is 549 g/mol. The molecule has 210 valence electrons. The zero-order chi connectivity index (χ0) is 28.3. The summed E-state index contributed by atoms with van der Waals surface area (Å²) in [5, 5.41) is 17.1. The van der Waals surface area contributed by atoms with Gasteiger partial charge in [-0.15, -0.1) is 0 Å². The zero-order valence-corrected chi connectivity index (χ0v) is 23.2. The van der Waals surface area contributed by atoms with Gasteiger partial charge in [0.2, 0.25) is 5.60 Å². The summed E-state index contributed by atoms with van der Waals surface area (Å²) in [5.74, 6) is -0.363. The lowest BCUT2D eigenvalue weighted by Crippen LogP contribution is -2.65. The number of esters is 1. The molecule has 0 aromatic heterocycles. The molecule has 4 aromatic rings. The number of amides is 1. The highest BCUT2D eigenvalue weighted by Gasteiger charge is 2.50. The van der Waals surface area contributed by atoms with E-state index in [0.717, 1.165) is 60.7 Å². The number of fused-ring (bicyclic) bond motifs is 4. The Hall–Kier alpha value is -4.00. The van der Waals surface area contributed by atoms with E-state index in [1.165, 1.54) is 0 Å². The Balaban J connectivity index is 1.09. The predicted molar refractivity (Wildman–Crippen MR) is 159 cm³/mol. The molecule has 6 nitrogen and oxygen atoms in total. The summed E-state index contributed by atoms with van der Waals surface area (Å²) in [6.07, 6.45) is 2.60. The average molecular weight is 550 g/mol. The first-order valence-electron chi connectivity index (χ1n) is 14.6. The van der Waals surface area contributed by atoms with Crippen molar-refractivity contribution in [3.8, 4) is 0 Å². The van der Waals surface area contributed by atoms with Crippen LogP contribution < -0.4 is 5.32 Å². The van der Waals surface area contributed by atoms with Gasteiger partial charge in [-0.2, -0.15) is 0 Å². The molecule has 3 saturated heterocycles. The molecule has 0 spiro atoms. The number of hydrogen-bond acceptors (Lipinski definition) is 4. The van der Waals surface area contributed by atoms with E-state index in [2.05, 4.69) is 5.32 Å². The van der Waals surface area contributed by atoms with Gasteiger partial charge in [0.15, 0.2) is 6.10 Å². The van der Waals surface area contributed by atoms with Crippen molar-refractivity contribution < 1.29 is 23.9 Å². The maximum atomic E-state index is 13.7. The van der Waals surface area contributed by atoms with Crippen LogP contribution in [0.3, 0.4) is 0 Å². The van der Waals surface area contributed by atoms with Crippen LogP contribution in [-0.2, 0) is 15.1 Å². The normalized spacial score (nSPS) is 21.9. The lowest BCUT2D eigenvalue weighted by atomic mass is 9.82. The largest absolute Gasteiger partial charge is 0.453 e. The SMILES string of the molecule is O=C(NCCC[N+]12CCC(CC1)C(OC(=O)C(O)(c1ccccc1)c1ccccc1)C2)c1ccc2ccccc2c1. The van der Waals surface area contributed by atoms with Crippen molar-refractivity contribution in [2.45, 2.75) is 31.0 Å². The second kappa shape index (κ2) is 11.5. The Morgan fingerprint density at radius 1 is 0.829 bits per heavy atom. The number of hydrogen-bond donors (Lipinski definition) is 2. The molecule has 3 fully saturated rings. The third-order valence-electron chi connectivity index (χ3n) is 9.08. The Morgan fingerprint density at radius 3 is 2.10 bits per heavy atom. The summed E-state index contributed by atoms with van der Waals surface area (Å²) >= 11 is 0. The lowest BCUT2D eigenvalue weighted by Gasteiger charge is -2.52. The average Bonchev–Trinajstić information content (AvgIpc) is 3.03. The van der Waals surface area contributed by atoms with Crippen LogP contribution in [-0.4, -0.2) is 60.3 Å². The fourth-order valence-electron chi connectivity index (χ4n) is 6.70. The highest BCUT2D eigenvalue weighted by Crippen LogP contribution is 2.38. The fraction of sp³-hybridized carbons (Fsp3) is 0.314. The number of nitrogens with zero attached hydrogens (tertiary/aromatic N) is 1. The smallest absolute Gasteiger partial charge is 0.348 e. The van der Waals surface area contributed by atoms with Gasteiger partial charge in [0.05, 0.1) is 19.6 Å². The number of piperidine rings is 3. The second-order valence-corrected chi connectivity index (χ2v) is 11.6. The maximum Gasteiger partial charge on any atom is 0.348 e. The first kappa shape index (κ1) is 27.2. The van der Waals surface area contributed by atoms with Gasteiger partial charge in [-0.05, 0) is 34.0 Å². The van der Waals surface area contributed by atoms with Gasteiger partial charge < -0.3 is 19.6 Å². The van der Waals surface area contributed by atoms with E-state index < -0.39 is 11.6 Å². The van der Waals surface area contributed by atoms with Gasteiger partial charge in [-0.25, -0.2) is 4.79 Å². The number of benzene rings is 4. The van der Waals surface area contributed by atoms with Crippen LogP contribution in [0.15, 0.2) is 103 Å². The summed E-state index contributed by atoms with van der Waals surface area (Å²) in [6.45, 7) is 4.37. The van der Waals surface area contributed by atoms with Gasteiger partial charge in [-0.1, -0.05) is 91.0 Å². The highest BCUT2D eigenvalue weighted by molar-refractivity contribution is 5.98. The standard InChI is InChI=1S/C35H36N2O4/c38-33(29-17-16-26-10-7-8-11-28(26)24-29)36-20-9-21-37-22-18-27(19-23-37)32(25-37)41-34(39)35(40,30-12-3-1-4-13-30)31-14-5-2-6-15-31/h1-8,10-17,24,27,32,40H,9,18-23,25H2/p+1. The highest BCUT2D eigenvalue weighted by atomic mass is 16.6. The summed E-state index contributed by atoms with van der Waals surface area (Å²) in [7, 11) is 0. The molecule has 1 atom stereocenters. The molecule has 0 aliphatic carbocycles. The van der Waals surface area contributed by atoms with E-state index in [9.17, 15) is 14.7 Å². The maximum absolute atomic E-state index is 13.7. The van der Waals surface area contributed by atoms with Crippen LogP contribution in [0.4, 0.5) is 0 Å². The summed E-state index contributed by atoms with van der Waals surface area (Å²) < 4.78 is 7.07. The molecule has 3 aliphatic rings. The summed E-state index contributed by atoms with van der Waals surface area (Å²) in [4.78, 5) is 26.5. The Morgan fingerprint density at radius 2 is 1.44 bits per heavy atom. The van der Waals surface area contributed by atoms with Gasteiger partial charge >= 0.3 is 5.97 Å². The number of carbonyl (C=O) groups excluding carboxylic acids is 2.